The maximum Gasteiger partial charge on any atom is 0.343 e. The summed E-state index contributed by atoms with van der Waals surface area (Å²) in [4.78, 5) is 25.8. The van der Waals surface area contributed by atoms with Crippen molar-refractivity contribution in [2.24, 2.45) is 0 Å². The van der Waals surface area contributed by atoms with E-state index in [9.17, 15) is 14.7 Å². The van der Waals surface area contributed by atoms with Gasteiger partial charge in [-0.05, 0) is 49.2 Å². The van der Waals surface area contributed by atoms with E-state index in [4.69, 9.17) is 9.47 Å². The minimum atomic E-state index is -1.22. The van der Waals surface area contributed by atoms with Crippen molar-refractivity contribution >= 4 is 17.6 Å². The van der Waals surface area contributed by atoms with Gasteiger partial charge in [0, 0.05) is 5.56 Å². The molecule has 0 aliphatic heterocycles. The van der Waals surface area contributed by atoms with E-state index >= 15 is 0 Å². The van der Waals surface area contributed by atoms with Crippen LogP contribution in [-0.4, -0.2) is 24.1 Å². The zero-order valence-corrected chi connectivity index (χ0v) is 17.0. The summed E-state index contributed by atoms with van der Waals surface area (Å²) in [6.45, 7) is 3.69. The molecule has 3 aromatic carbocycles. The van der Waals surface area contributed by atoms with Crippen LogP contribution in [-0.2, 0) is 9.53 Å². The summed E-state index contributed by atoms with van der Waals surface area (Å²) in [5, 5.41) is 12.9. The van der Waals surface area contributed by atoms with Gasteiger partial charge in [-0.3, -0.25) is 4.79 Å². The first-order chi connectivity index (χ1) is 14.4. The fourth-order valence-electron chi connectivity index (χ4n) is 3.00. The van der Waals surface area contributed by atoms with Crippen LogP contribution >= 0.6 is 0 Å². The molecule has 3 rings (SSSR count). The molecule has 0 aliphatic carbocycles. The third-order valence-electron chi connectivity index (χ3n) is 4.55. The Bertz CT molecular complexity index is 1060. The molecule has 0 aliphatic rings. The summed E-state index contributed by atoms with van der Waals surface area (Å²) in [5.74, 6) is -1.05. The highest BCUT2D eigenvalue weighted by atomic mass is 16.5. The smallest absolute Gasteiger partial charge is 0.343 e. The molecule has 0 saturated carbocycles. The Hall–Kier alpha value is -3.80. The van der Waals surface area contributed by atoms with E-state index < -0.39 is 18.0 Å². The first-order valence-corrected chi connectivity index (χ1v) is 9.40. The van der Waals surface area contributed by atoms with Gasteiger partial charge in [-0.15, -0.1) is 0 Å². The molecule has 6 heteroatoms. The molecule has 3 aromatic rings. The second-order valence-corrected chi connectivity index (χ2v) is 6.91. The molecule has 2 N–H and O–H groups in total. The van der Waals surface area contributed by atoms with E-state index in [1.807, 2.05) is 13.0 Å². The van der Waals surface area contributed by atoms with Crippen LogP contribution in [0.15, 0.2) is 66.7 Å². The van der Waals surface area contributed by atoms with Crippen LogP contribution in [0, 0.1) is 13.8 Å². The summed E-state index contributed by atoms with van der Waals surface area (Å²) < 4.78 is 10.8. The molecule has 1 amide bonds. The predicted molar refractivity (Wildman–Crippen MR) is 114 cm³/mol. The number of phenolic OH excluding ortho intramolecular Hbond substituents is 1. The number of rotatable bonds is 6. The van der Waals surface area contributed by atoms with E-state index in [1.54, 1.807) is 55.5 Å². The van der Waals surface area contributed by atoms with Crippen molar-refractivity contribution < 1.29 is 24.2 Å². The number of ether oxygens (including phenoxy) is 2. The monoisotopic (exact) mass is 405 g/mol. The Morgan fingerprint density at radius 3 is 2.27 bits per heavy atom. The van der Waals surface area contributed by atoms with E-state index in [0.717, 1.165) is 11.1 Å². The largest absolute Gasteiger partial charge is 0.507 e. The fraction of sp³-hybridized carbons (Fsp3) is 0.167. The van der Waals surface area contributed by atoms with Crippen molar-refractivity contribution in [2.75, 3.05) is 12.4 Å². The highest BCUT2D eigenvalue weighted by molar-refractivity contribution is 5.99. The van der Waals surface area contributed by atoms with Crippen molar-refractivity contribution in [3.8, 4) is 11.5 Å². The zero-order valence-electron chi connectivity index (χ0n) is 17.0. The van der Waals surface area contributed by atoms with E-state index in [1.165, 1.54) is 19.2 Å². The number of carbonyl (C=O) groups is 2. The predicted octanol–water partition coefficient (Wildman–Crippen LogP) is 4.55. The van der Waals surface area contributed by atoms with Crippen molar-refractivity contribution in [2.45, 2.75) is 20.0 Å². The summed E-state index contributed by atoms with van der Waals surface area (Å²) in [7, 11) is 1.51. The van der Waals surface area contributed by atoms with Crippen molar-refractivity contribution in [3.63, 3.8) is 0 Å². The summed E-state index contributed by atoms with van der Waals surface area (Å²) >= 11 is 0. The van der Waals surface area contributed by atoms with Crippen LogP contribution in [0.1, 0.15) is 33.2 Å². The minimum Gasteiger partial charge on any atom is -0.507 e. The lowest BCUT2D eigenvalue weighted by atomic mass is 10.1. The number of aryl methyl sites for hydroxylation is 2. The first-order valence-electron chi connectivity index (χ1n) is 9.40. The van der Waals surface area contributed by atoms with Gasteiger partial charge < -0.3 is 19.9 Å². The van der Waals surface area contributed by atoms with Gasteiger partial charge in [0.05, 0.1) is 12.8 Å². The van der Waals surface area contributed by atoms with Crippen LogP contribution in [0.3, 0.4) is 0 Å². The summed E-state index contributed by atoms with van der Waals surface area (Å²) in [6.07, 6.45) is -1.22. The fourth-order valence-corrected chi connectivity index (χ4v) is 3.00. The molecular formula is C24H23NO5. The molecule has 0 radical (unpaired) electrons. The third kappa shape index (κ3) is 4.78. The molecule has 0 bridgehead atoms. The number of hydrogen-bond acceptors (Lipinski definition) is 5. The highest BCUT2D eigenvalue weighted by Gasteiger charge is 2.27. The van der Waals surface area contributed by atoms with Crippen LogP contribution < -0.4 is 10.1 Å². The van der Waals surface area contributed by atoms with Gasteiger partial charge in [0.15, 0.2) is 0 Å². The lowest BCUT2D eigenvalue weighted by molar-refractivity contribution is -0.125. The Morgan fingerprint density at radius 1 is 0.933 bits per heavy atom. The number of anilines is 1. The first kappa shape index (κ1) is 20.9. The lowest BCUT2D eigenvalue weighted by Gasteiger charge is -2.19. The standard InChI is InChI=1S/C24H23NO5/c1-15-10-12-21(29-3)19(13-15)25-23(27)22(17-7-5-4-6-8-17)30-24(28)18-11-9-16(2)14-20(18)26/h4-14,22,26H,1-3H3,(H,25,27)/t22-/m1/s1. The van der Waals surface area contributed by atoms with Crippen LogP contribution in [0.25, 0.3) is 0 Å². The molecular weight excluding hydrogens is 382 g/mol. The van der Waals surface area contributed by atoms with Gasteiger partial charge >= 0.3 is 5.97 Å². The molecule has 0 unspecified atom stereocenters. The third-order valence-corrected chi connectivity index (χ3v) is 4.55. The average molecular weight is 405 g/mol. The molecule has 154 valence electrons. The molecule has 0 saturated heterocycles. The van der Waals surface area contributed by atoms with Crippen molar-refractivity contribution in [1.29, 1.82) is 0 Å². The maximum absolute atomic E-state index is 13.1. The molecule has 1 atom stereocenters. The molecule has 6 nitrogen and oxygen atoms in total. The second kappa shape index (κ2) is 9.13. The highest BCUT2D eigenvalue weighted by Crippen LogP contribution is 2.29. The number of phenols is 1. The second-order valence-electron chi connectivity index (χ2n) is 6.91. The van der Waals surface area contributed by atoms with E-state index in [0.29, 0.717) is 17.0 Å². The van der Waals surface area contributed by atoms with Gasteiger partial charge in [-0.25, -0.2) is 4.79 Å². The summed E-state index contributed by atoms with van der Waals surface area (Å²) in [5.41, 5.74) is 2.69. The lowest BCUT2D eigenvalue weighted by Crippen LogP contribution is -2.26. The van der Waals surface area contributed by atoms with Gasteiger partial charge in [0.1, 0.15) is 17.1 Å². The Morgan fingerprint density at radius 2 is 1.60 bits per heavy atom. The number of nitrogens with one attached hydrogen (secondary N) is 1. The molecule has 0 fully saturated rings. The average Bonchev–Trinajstić information content (AvgIpc) is 2.72. The molecule has 0 aromatic heterocycles. The van der Waals surface area contributed by atoms with Crippen LogP contribution in [0.4, 0.5) is 5.69 Å². The Kier molecular flexibility index (Phi) is 6.37. The zero-order chi connectivity index (χ0) is 21.7. The number of methoxy groups -OCH3 is 1. The van der Waals surface area contributed by atoms with Gasteiger partial charge in [0.25, 0.3) is 5.91 Å². The number of carbonyl (C=O) groups excluding carboxylic acids is 2. The number of amides is 1. The normalized spacial score (nSPS) is 11.4. The van der Waals surface area contributed by atoms with E-state index in [2.05, 4.69) is 5.32 Å². The van der Waals surface area contributed by atoms with Crippen LogP contribution in [0.2, 0.25) is 0 Å². The van der Waals surface area contributed by atoms with Crippen molar-refractivity contribution in [1.82, 2.24) is 0 Å². The molecule has 30 heavy (non-hydrogen) atoms. The number of benzene rings is 3. The number of hydrogen-bond donors (Lipinski definition) is 2. The van der Waals surface area contributed by atoms with E-state index in [-0.39, 0.29) is 11.3 Å². The minimum absolute atomic E-state index is 0.0116. The van der Waals surface area contributed by atoms with Gasteiger partial charge in [0.2, 0.25) is 6.10 Å². The summed E-state index contributed by atoms with van der Waals surface area (Å²) in [6, 6.07) is 18.7. The maximum atomic E-state index is 13.1. The number of esters is 1. The quantitative estimate of drug-likeness (QED) is 0.588. The molecule has 0 spiro atoms. The number of aromatic hydroxyl groups is 1. The Labute approximate surface area is 175 Å². The van der Waals surface area contributed by atoms with Gasteiger partial charge in [-0.2, -0.15) is 0 Å². The molecule has 0 heterocycles. The van der Waals surface area contributed by atoms with Crippen LogP contribution in [0.5, 0.6) is 11.5 Å². The topological polar surface area (TPSA) is 84.9 Å². The SMILES string of the molecule is COc1ccc(C)cc1NC(=O)[C@H](OC(=O)c1ccc(C)cc1O)c1ccccc1. The van der Waals surface area contributed by atoms with Gasteiger partial charge in [-0.1, -0.05) is 42.5 Å². The van der Waals surface area contributed by atoms with Crippen molar-refractivity contribution in [3.05, 3.63) is 89.0 Å². The Balaban J connectivity index is 1.90.